The molecule has 0 fully saturated rings. The lowest BCUT2D eigenvalue weighted by Gasteiger charge is -1.84. The van der Waals surface area contributed by atoms with Gasteiger partial charge in [0.05, 0.1) is 11.9 Å². The summed E-state index contributed by atoms with van der Waals surface area (Å²) >= 11 is 0. The van der Waals surface area contributed by atoms with Gasteiger partial charge in [0, 0.05) is 12.2 Å². The topological polar surface area (TPSA) is 24.7 Å². The van der Waals surface area contributed by atoms with Crippen LogP contribution in [0.4, 0.5) is 0 Å². The third-order valence-corrected chi connectivity index (χ3v) is 1.76. The summed E-state index contributed by atoms with van der Waals surface area (Å²) in [5.41, 5.74) is 0.721. The van der Waals surface area contributed by atoms with E-state index >= 15 is 0 Å². The van der Waals surface area contributed by atoms with E-state index in [1.54, 1.807) is 12.4 Å². The first kappa shape index (κ1) is 7.36. The second-order valence-electron chi connectivity index (χ2n) is 1.82. The molecule has 0 aliphatic carbocycles. The van der Waals surface area contributed by atoms with E-state index in [1.807, 2.05) is 12.0 Å². The van der Waals surface area contributed by atoms with Gasteiger partial charge in [-0.3, -0.25) is 9.98 Å². The van der Waals surface area contributed by atoms with Crippen molar-refractivity contribution in [3.8, 4) is 0 Å². The average molecular weight is 152 g/mol. The van der Waals surface area contributed by atoms with Crippen molar-refractivity contribution in [2.45, 2.75) is 0 Å². The average Bonchev–Trinajstić information content (AvgIpc) is 2.02. The van der Waals surface area contributed by atoms with E-state index in [2.05, 4.69) is 16.6 Å². The van der Waals surface area contributed by atoms with E-state index in [1.165, 1.54) is 0 Å². The Hall–Kier alpha value is -0.750. The van der Waals surface area contributed by atoms with Crippen LogP contribution in [0.1, 0.15) is 0 Å². The number of allylic oxidation sites excluding steroid dienone is 2. The molecule has 0 saturated heterocycles. The predicted octanol–water partition coefficient (Wildman–Crippen LogP) is 1.80. The Bertz CT molecular complexity index is 204. The normalized spacial score (nSPS) is 23.8. The Morgan fingerprint density at radius 3 is 3.40 bits per heavy atom. The van der Waals surface area contributed by atoms with Gasteiger partial charge in [0.15, 0.2) is 0 Å². The minimum Gasteiger partial charge on any atom is -0.263 e. The molecule has 2 nitrogen and oxygen atoms in total. The largest absolute Gasteiger partial charge is 0.263 e. The summed E-state index contributed by atoms with van der Waals surface area (Å²) in [6, 6.07) is 0. The van der Waals surface area contributed by atoms with Crippen molar-refractivity contribution < 1.29 is 0 Å². The zero-order valence-electron chi connectivity index (χ0n) is 5.62. The minimum absolute atomic E-state index is 0.721. The highest BCUT2D eigenvalue weighted by atomic mass is 31.1. The zero-order valence-corrected chi connectivity index (χ0v) is 6.62. The van der Waals surface area contributed by atoms with Crippen molar-refractivity contribution in [3.05, 3.63) is 24.6 Å². The second-order valence-corrected chi connectivity index (χ2v) is 2.90. The molecule has 0 bridgehead atoms. The Morgan fingerprint density at radius 2 is 2.50 bits per heavy atom. The maximum absolute atomic E-state index is 4.05. The molecule has 1 aliphatic rings. The SMILES string of the molecule is C=C1C=N/C=C\CPC=N1. The molecule has 1 aliphatic heterocycles. The smallest absolute Gasteiger partial charge is 0.0740 e. The van der Waals surface area contributed by atoms with Gasteiger partial charge in [-0.05, 0) is 6.16 Å². The molecule has 0 N–H and O–H groups in total. The van der Waals surface area contributed by atoms with E-state index in [-0.39, 0.29) is 0 Å². The number of aliphatic imine (C=N–C) groups is 2. The lowest BCUT2D eigenvalue weighted by atomic mass is 10.5. The summed E-state index contributed by atoms with van der Waals surface area (Å²) in [4.78, 5) is 8.00. The molecule has 1 unspecified atom stereocenters. The summed E-state index contributed by atoms with van der Waals surface area (Å²) < 4.78 is 0. The Kier molecular flexibility index (Phi) is 3.04. The third-order valence-electron chi connectivity index (χ3n) is 0.972. The van der Waals surface area contributed by atoms with E-state index in [0.717, 1.165) is 20.4 Å². The molecule has 0 aromatic carbocycles. The molecular formula is C7H9N2P. The molecule has 1 atom stereocenters. The number of hydrogen-bond donors (Lipinski definition) is 0. The standard InChI is InChI=1S/C7H9N2P/c1-7-5-8-3-2-4-10-6-9-7/h2-3,5-6,10H,1,4H2/b3-2-,8-5?,9-6?. The molecule has 1 heterocycles. The zero-order chi connectivity index (χ0) is 7.23. The van der Waals surface area contributed by atoms with Crippen LogP contribution in [0, 0.1) is 0 Å². The van der Waals surface area contributed by atoms with Crippen molar-refractivity contribution in [2.75, 3.05) is 6.16 Å². The summed E-state index contributed by atoms with van der Waals surface area (Å²) in [6.45, 7) is 3.68. The first-order valence-electron chi connectivity index (χ1n) is 3.02. The van der Waals surface area contributed by atoms with Crippen LogP contribution in [0.2, 0.25) is 0 Å². The Morgan fingerprint density at radius 1 is 1.60 bits per heavy atom. The predicted molar refractivity (Wildman–Crippen MR) is 48.4 cm³/mol. The summed E-state index contributed by atoms with van der Waals surface area (Å²) in [6.07, 6.45) is 6.50. The number of hydrogen-bond acceptors (Lipinski definition) is 2. The van der Waals surface area contributed by atoms with Crippen LogP contribution in [0.5, 0.6) is 0 Å². The lowest BCUT2D eigenvalue weighted by Crippen LogP contribution is -1.74. The van der Waals surface area contributed by atoms with Crippen molar-refractivity contribution in [1.29, 1.82) is 0 Å². The molecule has 1 rings (SSSR count). The first-order chi connectivity index (χ1) is 4.89. The molecule has 10 heavy (non-hydrogen) atoms. The van der Waals surface area contributed by atoms with Gasteiger partial charge >= 0.3 is 0 Å². The van der Waals surface area contributed by atoms with E-state index in [4.69, 9.17) is 0 Å². The van der Waals surface area contributed by atoms with E-state index in [0.29, 0.717) is 0 Å². The number of nitrogens with zero attached hydrogens (tertiary/aromatic N) is 2. The highest BCUT2D eigenvalue weighted by Gasteiger charge is 1.83. The van der Waals surface area contributed by atoms with Crippen LogP contribution < -0.4 is 0 Å². The summed E-state index contributed by atoms with van der Waals surface area (Å²) in [7, 11) is 0.753. The summed E-state index contributed by atoms with van der Waals surface area (Å²) in [5, 5.41) is 0. The van der Waals surface area contributed by atoms with Crippen molar-refractivity contribution in [3.63, 3.8) is 0 Å². The second kappa shape index (κ2) is 4.13. The molecule has 0 amide bonds. The van der Waals surface area contributed by atoms with Crippen LogP contribution in [-0.2, 0) is 0 Å². The molecule has 0 aromatic rings. The Balaban J connectivity index is 2.64. The van der Waals surface area contributed by atoms with E-state index in [9.17, 15) is 0 Å². The molecule has 0 aromatic heterocycles. The van der Waals surface area contributed by atoms with Crippen LogP contribution in [-0.4, -0.2) is 18.3 Å². The maximum Gasteiger partial charge on any atom is 0.0740 e. The van der Waals surface area contributed by atoms with Crippen LogP contribution in [0.25, 0.3) is 0 Å². The Labute approximate surface area is 62.2 Å². The van der Waals surface area contributed by atoms with Crippen LogP contribution in [0.3, 0.4) is 0 Å². The first-order valence-corrected chi connectivity index (χ1v) is 4.31. The van der Waals surface area contributed by atoms with Gasteiger partial charge in [-0.15, -0.1) is 0 Å². The molecule has 0 saturated carbocycles. The number of rotatable bonds is 0. The fourth-order valence-electron chi connectivity index (χ4n) is 0.525. The fourth-order valence-corrected chi connectivity index (χ4v) is 1.13. The van der Waals surface area contributed by atoms with Crippen LogP contribution >= 0.6 is 8.58 Å². The van der Waals surface area contributed by atoms with Gasteiger partial charge in [-0.25, -0.2) is 0 Å². The molecular weight excluding hydrogens is 143 g/mol. The van der Waals surface area contributed by atoms with Gasteiger partial charge in [0.25, 0.3) is 0 Å². The van der Waals surface area contributed by atoms with Gasteiger partial charge in [-0.2, -0.15) is 0 Å². The quantitative estimate of drug-likeness (QED) is 0.473. The van der Waals surface area contributed by atoms with Gasteiger partial charge in [-0.1, -0.05) is 21.2 Å². The third kappa shape index (κ3) is 2.70. The molecule has 3 heteroatoms. The van der Waals surface area contributed by atoms with Crippen LogP contribution in [0.15, 0.2) is 34.5 Å². The maximum atomic E-state index is 4.05. The minimum atomic E-state index is 0.721. The lowest BCUT2D eigenvalue weighted by molar-refractivity contribution is 1.49. The van der Waals surface area contributed by atoms with Gasteiger partial charge in [0.1, 0.15) is 0 Å². The van der Waals surface area contributed by atoms with Crippen molar-refractivity contribution >= 4 is 20.8 Å². The highest BCUT2D eigenvalue weighted by Crippen LogP contribution is 2.07. The highest BCUT2D eigenvalue weighted by molar-refractivity contribution is 7.55. The monoisotopic (exact) mass is 152 g/mol. The molecule has 52 valence electrons. The van der Waals surface area contributed by atoms with Gasteiger partial charge in [0.2, 0.25) is 0 Å². The molecule has 0 radical (unpaired) electrons. The fraction of sp³-hybridized carbons (Fsp3) is 0.143. The summed E-state index contributed by atoms with van der Waals surface area (Å²) in [5.74, 6) is 1.89. The van der Waals surface area contributed by atoms with Crippen molar-refractivity contribution in [1.82, 2.24) is 0 Å². The van der Waals surface area contributed by atoms with Crippen molar-refractivity contribution in [2.24, 2.45) is 9.98 Å². The van der Waals surface area contributed by atoms with Gasteiger partial charge < -0.3 is 0 Å². The van der Waals surface area contributed by atoms with E-state index < -0.39 is 0 Å². The molecule has 0 spiro atoms.